The zero-order chi connectivity index (χ0) is 34.6. The Balaban J connectivity index is 1.08. The number of rotatable bonds is 8. The summed E-state index contributed by atoms with van der Waals surface area (Å²) in [5.74, 6) is -1.06. The number of piperidine rings is 1. The van der Waals surface area contributed by atoms with Crippen LogP contribution in [0.1, 0.15) is 45.7 Å². The van der Waals surface area contributed by atoms with Crippen molar-refractivity contribution in [1.29, 1.82) is 0 Å². The highest BCUT2D eigenvalue weighted by Crippen LogP contribution is 2.25. The molecule has 2 aromatic heterocycles. The van der Waals surface area contributed by atoms with E-state index in [4.69, 9.17) is 16.0 Å². The van der Waals surface area contributed by atoms with Crippen LogP contribution in [0, 0.1) is 0 Å². The number of carbonyl (C=O) groups excluding carboxylic acids is 3. The monoisotopic (exact) mass is 692 g/mol. The molecule has 3 aromatic carbocycles. The number of amides is 3. The molecule has 12 heteroatoms. The molecular weight excluding hydrogens is 656 g/mol. The molecule has 0 radical (unpaired) electrons. The molecular formula is C38H37ClN6O5. The third-order valence-electron chi connectivity index (χ3n) is 9.40. The lowest BCUT2D eigenvalue weighted by molar-refractivity contribution is -0.133. The van der Waals surface area contributed by atoms with Gasteiger partial charge in [-0.25, -0.2) is 4.98 Å². The number of hydrogen-bond acceptors (Lipinski definition) is 7. The fraction of sp³-hybridized carbons (Fsp3) is 0.289. The molecule has 4 heterocycles. The first-order chi connectivity index (χ1) is 24.3. The number of anilines is 1. The van der Waals surface area contributed by atoms with Crippen LogP contribution in [0.15, 0.2) is 101 Å². The summed E-state index contributed by atoms with van der Waals surface area (Å²) >= 11 is 6.12. The average Bonchev–Trinajstić information content (AvgIpc) is 3.70. The van der Waals surface area contributed by atoms with Gasteiger partial charge in [-0.05, 0) is 67.3 Å². The molecule has 1 atom stereocenters. The summed E-state index contributed by atoms with van der Waals surface area (Å²) in [6.07, 6.45) is 8.41. The van der Waals surface area contributed by atoms with E-state index in [-0.39, 0.29) is 35.0 Å². The average molecular weight is 693 g/mol. The van der Waals surface area contributed by atoms with Crippen molar-refractivity contribution < 1.29 is 18.8 Å². The quantitative estimate of drug-likeness (QED) is 0.244. The van der Waals surface area contributed by atoms with E-state index in [1.54, 1.807) is 58.5 Å². The topological polar surface area (TPSA) is 121 Å². The molecule has 2 aliphatic heterocycles. The number of halogens is 1. The van der Waals surface area contributed by atoms with Crippen molar-refractivity contribution in [3.8, 4) is 5.69 Å². The van der Waals surface area contributed by atoms with Crippen molar-refractivity contribution in [3.05, 3.63) is 124 Å². The number of para-hydroxylation sites is 1. The van der Waals surface area contributed by atoms with Gasteiger partial charge in [-0.2, -0.15) is 0 Å². The Labute approximate surface area is 294 Å². The zero-order valence-electron chi connectivity index (χ0n) is 27.5. The highest BCUT2D eigenvalue weighted by atomic mass is 35.5. The molecule has 2 saturated heterocycles. The molecule has 2 fully saturated rings. The Morgan fingerprint density at radius 1 is 0.860 bits per heavy atom. The smallest absolute Gasteiger partial charge is 0.287 e. The van der Waals surface area contributed by atoms with Crippen molar-refractivity contribution in [2.45, 2.75) is 31.7 Å². The zero-order valence-corrected chi connectivity index (χ0v) is 28.2. The number of benzene rings is 3. The standard InChI is InChI=1S/C38H37ClN6O5/c39-27-10-8-26(9-11-27)22-31(41-36(47)35-24-33(46)30-23-28(12-13-34(30)50-35)45-17-14-40-25-45)38(49)44-20-18-42(19-21-44)32-7-3-2-6-29(32)37(48)43-15-4-1-5-16-43/h2-3,6-14,17,23-25,31H,1,4-5,15-16,18-22H2,(H,41,47)/t31-/m1/s1. The molecule has 11 nitrogen and oxygen atoms in total. The molecule has 0 aliphatic carbocycles. The SMILES string of the molecule is O=C(N[C@H](Cc1ccc(Cl)cc1)C(=O)N1CCN(c2ccccc2C(=O)N2CCCCC2)CC1)c1cc(=O)c2cc(-n3ccnc3)ccc2o1. The van der Waals surface area contributed by atoms with Gasteiger partial charge in [-0.15, -0.1) is 0 Å². The number of aromatic nitrogens is 2. The molecule has 0 spiro atoms. The predicted octanol–water partition coefficient (Wildman–Crippen LogP) is 4.95. The van der Waals surface area contributed by atoms with Gasteiger partial charge in [-0.1, -0.05) is 35.9 Å². The van der Waals surface area contributed by atoms with Gasteiger partial charge in [-0.3, -0.25) is 19.2 Å². The van der Waals surface area contributed by atoms with E-state index in [0.717, 1.165) is 55.4 Å². The summed E-state index contributed by atoms with van der Waals surface area (Å²) in [5.41, 5.74) is 2.95. The van der Waals surface area contributed by atoms with Gasteiger partial charge in [0.15, 0.2) is 11.2 Å². The largest absolute Gasteiger partial charge is 0.451 e. The number of fused-ring (bicyclic) bond motifs is 1. The number of carbonyl (C=O) groups is 3. The Bertz CT molecular complexity index is 2070. The van der Waals surface area contributed by atoms with E-state index < -0.39 is 11.9 Å². The molecule has 3 amide bonds. The summed E-state index contributed by atoms with van der Waals surface area (Å²) < 4.78 is 7.65. The van der Waals surface area contributed by atoms with Crippen LogP contribution >= 0.6 is 11.6 Å². The van der Waals surface area contributed by atoms with Crippen molar-refractivity contribution in [1.82, 2.24) is 24.7 Å². The van der Waals surface area contributed by atoms with Crippen molar-refractivity contribution >= 4 is 46.0 Å². The van der Waals surface area contributed by atoms with E-state index in [1.165, 1.54) is 0 Å². The van der Waals surface area contributed by atoms with E-state index in [9.17, 15) is 19.2 Å². The minimum atomic E-state index is -0.937. The van der Waals surface area contributed by atoms with Gasteiger partial charge in [0.05, 0.1) is 17.3 Å². The molecule has 0 bridgehead atoms. The number of hydrogen-bond donors (Lipinski definition) is 1. The highest BCUT2D eigenvalue weighted by Gasteiger charge is 2.31. The first-order valence-electron chi connectivity index (χ1n) is 16.9. The number of nitrogens with zero attached hydrogens (tertiary/aromatic N) is 5. The maximum atomic E-state index is 14.1. The van der Waals surface area contributed by atoms with Gasteiger partial charge in [0, 0.05) is 80.5 Å². The Morgan fingerprint density at radius 2 is 1.62 bits per heavy atom. The van der Waals surface area contributed by atoms with Crippen LogP contribution in [-0.4, -0.2) is 82.4 Å². The minimum absolute atomic E-state index is 0.0449. The van der Waals surface area contributed by atoms with Crippen LogP contribution in [0.2, 0.25) is 5.02 Å². The lowest BCUT2D eigenvalue weighted by Crippen LogP contribution is -2.56. The summed E-state index contributed by atoms with van der Waals surface area (Å²) in [6, 6.07) is 20.1. The van der Waals surface area contributed by atoms with Crippen LogP contribution in [0.25, 0.3) is 16.7 Å². The van der Waals surface area contributed by atoms with Crippen molar-refractivity contribution in [2.24, 2.45) is 0 Å². The van der Waals surface area contributed by atoms with Crippen molar-refractivity contribution in [2.75, 3.05) is 44.2 Å². The highest BCUT2D eigenvalue weighted by molar-refractivity contribution is 6.30. The maximum Gasteiger partial charge on any atom is 0.287 e. The number of imidazole rings is 1. The number of piperazine rings is 1. The van der Waals surface area contributed by atoms with Gasteiger partial charge < -0.3 is 29.0 Å². The van der Waals surface area contributed by atoms with Crippen LogP contribution in [0.5, 0.6) is 0 Å². The van der Waals surface area contributed by atoms with E-state index >= 15 is 0 Å². The Morgan fingerprint density at radius 3 is 2.36 bits per heavy atom. The normalized spacial score (nSPS) is 15.6. The predicted molar refractivity (Wildman–Crippen MR) is 191 cm³/mol. The second kappa shape index (κ2) is 14.6. The van der Waals surface area contributed by atoms with Crippen LogP contribution in [0.3, 0.4) is 0 Å². The lowest BCUT2D eigenvalue weighted by Gasteiger charge is -2.38. The summed E-state index contributed by atoms with van der Waals surface area (Å²) in [7, 11) is 0. The number of likely N-dealkylation sites (tertiary alicyclic amines) is 1. The van der Waals surface area contributed by atoms with Crippen LogP contribution in [-0.2, 0) is 11.2 Å². The van der Waals surface area contributed by atoms with Gasteiger partial charge in [0.2, 0.25) is 5.91 Å². The molecule has 256 valence electrons. The first-order valence-corrected chi connectivity index (χ1v) is 17.3. The molecule has 0 unspecified atom stereocenters. The molecule has 50 heavy (non-hydrogen) atoms. The summed E-state index contributed by atoms with van der Waals surface area (Å²) in [6.45, 7) is 3.40. The summed E-state index contributed by atoms with van der Waals surface area (Å²) in [5, 5.41) is 3.73. The van der Waals surface area contributed by atoms with Gasteiger partial charge in [0.25, 0.3) is 11.8 Å². The van der Waals surface area contributed by atoms with Crippen molar-refractivity contribution in [3.63, 3.8) is 0 Å². The summed E-state index contributed by atoms with van der Waals surface area (Å²) in [4.78, 5) is 64.2. The molecule has 1 N–H and O–H groups in total. The second-order valence-corrected chi connectivity index (χ2v) is 13.1. The third-order valence-corrected chi connectivity index (χ3v) is 9.66. The van der Waals surface area contributed by atoms with Gasteiger partial charge >= 0.3 is 0 Å². The second-order valence-electron chi connectivity index (χ2n) is 12.7. The van der Waals surface area contributed by atoms with Gasteiger partial charge in [0.1, 0.15) is 11.6 Å². The molecule has 7 rings (SSSR count). The lowest BCUT2D eigenvalue weighted by atomic mass is 10.0. The van der Waals surface area contributed by atoms with E-state index in [2.05, 4.69) is 15.2 Å². The first kappa shape index (κ1) is 33.1. The fourth-order valence-corrected chi connectivity index (χ4v) is 6.83. The number of nitrogens with one attached hydrogen (secondary N) is 1. The third kappa shape index (κ3) is 7.13. The minimum Gasteiger partial charge on any atom is -0.451 e. The fourth-order valence-electron chi connectivity index (χ4n) is 6.70. The van der Waals surface area contributed by atoms with Crippen LogP contribution in [0.4, 0.5) is 5.69 Å². The van der Waals surface area contributed by atoms with Crippen LogP contribution < -0.4 is 15.6 Å². The molecule has 2 aliphatic rings. The van der Waals surface area contributed by atoms with E-state index in [0.29, 0.717) is 42.2 Å². The Kier molecular flexibility index (Phi) is 9.66. The molecule has 5 aromatic rings. The maximum absolute atomic E-state index is 14.1. The molecule has 0 saturated carbocycles. The van der Waals surface area contributed by atoms with E-state index in [1.807, 2.05) is 41.3 Å². The Hall–Kier alpha value is -5.42.